The molecule has 1 aliphatic heterocycles. The molecule has 2 unspecified atom stereocenters. The Bertz CT molecular complexity index is 498. The van der Waals surface area contributed by atoms with Gasteiger partial charge in [0.1, 0.15) is 0 Å². The highest BCUT2D eigenvalue weighted by Crippen LogP contribution is 2.41. The third-order valence-corrected chi connectivity index (χ3v) is 4.95. The van der Waals surface area contributed by atoms with Crippen molar-refractivity contribution in [3.8, 4) is 6.07 Å². The fourth-order valence-electron chi connectivity index (χ4n) is 3.86. The summed E-state index contributed by atoms with van der Waals surface area (Å²) < 4.78 is 5.70. The normalized spacial score (nSPS) is 28.9. The van der Waals surface area contributed by atoms with E-state index in [4.69, 9.17) is 4.74 Å². The second-order valence-electron chi connectivity index (χ2n) is 6.23. The van der Waals surface area contributed by atoms with Crippen LogP contribution in [0.4, 0.5) is 0 Å². The van der Waals surface area contributed by atoms with Crippen LogP contribution in [0.25, 0.3) is 0 Å². The van der Waals surface area contributed by atoms with Gasteiger partial charge in [-0.25, -0.2) is 0 Å². The van der Waals surface area contributed by atoms with Gasteiger partial charge in [0, 0.05) is 6.61 Å². The second-order valence-corrected chi connectivity index (χ2v) is 6.23. The lowest BCUT2D eigenvalue weighted by Gasteiger charge is -2.33. The Morgan fingerprint density at radius 3 is 3.00 bits per heavy atom. The second kappa shape index (κ2) is 5.97. The summed E-state index contributed by atoms with van der Waals surface area (Å²) in [6.45, 7) is 0.927. The molecule has 2 nitrogen and oxygen atoms in total. The number of hydrogen-bond donors (Lipinski definition) is 0. The highest BCUT2D eigenvalue weighted by molar-refractivity contribution is 5.41. The zero-order valence-corrected chi connectivity index (χ0v) is 12.1. The first-order valence-electron chi connectivity index (χ1n) is 7.95. The van der Waals surface area contributed by atoms with Crippen LogP contribution in [0.3, 0.4) is 0 Å². The summed E-state index contributed by atoms with van der Waals surface area (Å²) in [6.07, 6.45) is 9.36. The topological polar surface area (TPSA) is 33.0 Å². The molecular weight excluding hydrogens is 246 g/mol. The van der Waals surface area contributed by atoms with Gasteiger partial charge in [-0.3, -0.25) is 0 Å². The SMILES string of the molecule is N#CC1(CCCC2CCCO2)CCCc2ccccc21. The standard InChI is InChI=1S/C18H23NO/c19-14-18(12-4-8-16-9-5-13-20-16)11-3-7-15-6-1-2-10-17(15)18/h1-2,6,10,16H,3-5,7-9,11-13H2. The Morgan fingerprint density at radius 2 is 2.20 bits per heavy atom. The predicted octanol–water partition coefficient (Wildman–Crippen LogP) is 4.13. The molecule has 1 saturated heterocycles. The predicted molar refractivity (Wildman–Crippen MR) is 79.5 cm³/mol. The first-order chi connectivity index (χ1) is 9.84. The van der Waals surface area contributed by atoms with Gasteiger partial charge in [0.25, 0.3) is 0 Å². The molecule has 0 saturated carbocycles. The smallest absolute Gasteiger partial charge is 0.0825 e. The summed E-state index contributed by atoms with van der Waals surface area (Å²) in [5, 5.41) is 9.80. The van der Waals surface area contributed by atoms with E-state index in [1.54, 1.807) is 0 Å². The summed E-state index contributed by atoms with van der Waals surface area (Å²) in [6, 6.07) is 11.2. The number of ether oxygens (including phenoxy) is 1. The lowest BCUT2D eigenvalue weighted by molar-refractivity contribution is 0.100. The summed E-state index contributed by atoms with van der Waals surface area (Å²) in [5.74, 6) is 0. The molecule has 0 amide bonds. The van der Waals surface area contributed by atoms with Gasteiger partial charge in [-0.05, 0) is 62.5 Å². The van der Waals surface area contributed by atoms with Gasteiger partial charge in [-0.2, -0.15) is 5.26 Å². The summed E-state index contributed by atoms with van der Waals surface area (Å²) >= 11 is 0. The van der Waals surface area contributed by atoms with Crippen LogP contribution in [0, 0.1) is 11.3 Å². The average molecular weight is 269 g/mol. The summed E-state index contributed by atoms with van der Waals surface area (Å²) in [7, 11) is 0. The molecular formula is C18H23NO. The average Bonchev–Trinajstić information content (AvgIpc) is 3.01. The zero-order valence-electron chi connectivity index (χ0n) is 12.1. The maximum absolute atomic E-state index is 9.80. The largest absolute Gasteiger partial charge is 0.378 e. The van der Waals surface area contributed by atoms with Crippen LogP contribution in [0.2, 0.25) is 0 Å². The highest BCUT2D eigenvalue weighted by Gasteiger charge is 2.36. The Hall–Kier alpha value is -1.33. The number of aryl methyl sites for hydroxylation is 1. The molecule has 3 rings (SSSR count). The number of benzene rings is 1. The molecule has 2 heteroatoms. The quantitative estimate of drug-likeness (QED) is 0.823. The van der Waals surface area contributed by atoms with Crippen molar-refractivity contribution in [2.75, 3.05) is 6.61 Å². The van der Waals surface area contributed by atoms with E-state index in [0.717, 1.165) is 45.1 Å². The number of hydrogen-bond acceptors (Lipinski definition) is 2. The molecule has 2 atom stereocenters. The minimum Gasteiger partial charge on any atom is -0.378 e. The fourth-order valence-corrected chi connectivity index (χ4v) is 3.86. The van der Waals surface area contributed by atoms with Crippen LogP contribution in [-0.4, -0.2) is 12.7 Å². The molecule has 0 bridgehead atoms. The van der Waals surface area contributed by atoms with Crippen molar-refractivity contribution in [3.05, 3.63) is 35.4 Å². The molecule has 1 aliphatic carbocycles. The first-order valence-corrected chi connectivity index (χ1v) is 7.95. The molecule has 106 valence electrons. The van der Waals surface area contributed by atoms with Crippen LogP contribution in [0.15, 0.2) is 24.3 Å². The number of nitrogens with zero attached hydrogens (tertiary/aromatic N) is 1. The van der Waals surface area contributed by atoms with Gasteiger partial charge in [-0.15, -0.1) is 0 Å². The maximum atomic E-state index is 9.80. The Morgan fingerprint density at radius 1 is 1.30 bits per heavy atom. The summed E-state index contributed by atoms with van der Waals surface area (Å²) in [4.78, 5) is 0. The molecule has 1 fully saturated rings. The van der Waals surface area contributed by atoms with Gasteiger partial charge in [-0.1, -0.05) is 24.3 Å². The molecule has 0 spiro atoms. The molecule has 1 aromatic carbocycles. The fraction of sp³-hybridized carbons (Fsp3) is 0.611. The van der Waals surface area contributed by atoms with Crippen molar-refractivity contribution in [3.63, 3.8) is 0 Å². The van der Waals surface area contributed by atoms with Crippen LogP contribution in [-0.2, 0) is 16.6 Å². The van der Waals surface area contributed by atoms with Crippen LogP contribution in [0.5, 0.6) is 0 Å². The van der Waals surface area contributed by atoms with Crippen molar-refractivity contribution in [1.29, 1.82) is 5.26 Å². The van der Waals surface area contributed by atoms with Crippen molar-refractivity contribution < 1.29 is 4.74 Å². The van der Waals surface area contributed by atoms with E-state index < -0.39 is 0 Å². The van der Waals surface area contributed by atoms with Gasteiger partial charge < -0.3 is 4.74 Å². The monoisotopic (exact) mass is 269 g/mol. The van der Waals surface area contributed by atoms with E-state index in [2.05, 4.69) is 30.3 Å². The van der Waals surface area contributed by atoms with E-state index in [-0.39, 0.29) is 5.41 Å². The molecule has 0 aromatic heterocycles. The Labute approximate surface area is 121 Å². The van der Waals surface area contributed by atoms with Crippen LogP contribution >= 0.6 is 0 Å². The van der Waals surface area contributed by atoms with E-state index in [9.17, 15) is 5.26 Å². The zero-order chi connectivity index (χ0) is 13.8. The van der Waals surface area contributed by atoms with Gasteiger partial charge in [0.05, 0.1) is 17.6 Å². The molecule has 1 aromatic rings. The first kappa shape index (κ1) is 13.6. The Balaban J connectivity index is 1.70. The minimum absolute atomic E-state index is 0.243. The van der Waals surface area contributed by atoms with Crippen molar-refractivity contribution in [2.24, 2.45) is 0 Å². The summed E-state index contributed by atoms with van der Waals surface area (Å²) in [5.41, 5.74) is 2.44. The molecule has 2 aliphatic rings. The lowest BCUT2D eigenvalue weighted by Crippen LogP contribution is -2.29. The third kappa shape index (κ3) is 2.60. The molecule has 20 heavy (non-hydrogen) atoms. The molecule has 1 heterocycles. The van der Waals surface area contributed by atoms with Crippen LogP contribution < -0.4 is 0 Å². The lowest BCUT2D eigenvalue weighted by atomic mass is 9.68. The number of nitriles is 1. The highest BCUT2D eigenvalue weighted by atomic mass is 16.5. The third-order valence-electron chi connectivity index (χ3n) is 4.95. The molecule has 0 N–H and O–H groups in total. The van der Waals surface area contributed by atoms with E-state index in [0.29, 0.717) is 6.10 Å². The van der Waals surface area contributed by atoms with Crippen molar-refractivity contribution in [1.82, 2.24) is 0 Å². The number of rotatable bonds is 4. The molecule has 0 radical (unpaired) electrons. The minimum atomic E-state index is -0.243. The van der Waals surface area contributed by atoms with Gasteiger partial charge >= 0.3 is 0 Å². The number of fused-ring (bicyclic) bond motifs is 1. The van der Waals surface area contributed by atoms with E-state index in [1.807, 2.05) is 0 Å². The van der Waals surface area contributed by atoms with Crippen LogP contribution in [0.1, 0.15) is 56.1 Å². The van der Waals surface area contributed by atoms with Gasteiger partial charge in [0.2, 0.25) is 0 Å². The van der Waals surface area contributed by atoms with Crippen molar-refractivity contribution in [2.45, 2.75) is 62.9 Å². The maximum Gasteiger partial charge on any atom is 0.0825 e. The van der Waals surface area contributed by atoms with Gasteiger partial charge in [0.15, 0.2) is 0 Å². The van der Waals surface area contributed by atoms with Crippen molar-refractivity contribution >= 4 is 0 Å². The van der Waals surface area contributed by atoms with E-state index >= 15 is 0 Å². The Kier molecular flexibility index (Phi) is 4.08. The van der Waals surface area contributed by atoms with E-state index in [1.165, 1.54) is 24.0 Å².